The van der Waals surface area contributed by atoms with Gasteiger partial charge in [-0.1, -0.05) is 15.9 Å². The molecule has 0 bridgehead atoms. The monoisotopic (exact) mass is 342 g/mol. The molecule has 104 valence electrons. The van der Waals surface area contributed by atoms with Crippen LogP contribution in [-0.2, 0) is 4.79 Å². The molecule has 1 aromatic rings. The Kier molecular flexibility index (Phi) is 5.73. The van der Waals surface area contributed by atoms with Crippen molar-refractivity contribution in [2.24, 2.45) is 0 Å². The predicted molar refractivity (Wildman–Crippen MR) is 83.5 cm³/mol. The first-order chi connectivity index (χ1) is 9.15. The Morgan fingerprint density at radius 2 is 2.26 bits per heavy atom. The maximum absolute atomic E-state index is 12.0. The van der Waals surface area contributed by atoms with Gasteiger partial charge in [0.2, 0.25) is 5.91 Å². The molecule has 0 spiro atoms. The number of carbonyl (C=O) groups is 1. The third-order valence-electron chi connectivity index (χ3n) is 3.18. The van der Waals surface area contributed by atoms with Gasteiger partial charge in [0.1, 0.15) is 0 Å². The lowest BCUT2D eigenvalue weighted by atomic mass is 10.2. The highest BCUT2D eigenvalue weighted by Gasteiger charge is 2.18. The molecule has 1 aliphatic rings. The van der Waals surface area contributed by atoms with Crippen molar-refractivity contribution in [3.8, 4) is 0 Å². The lowest BCUT2D eigenvalue weighted by molar-refractivity contribution is -0.120. The lowest BCUT2D eigenvalue weighted by Crippen LogP contribution is -2.40. The van der Waals surface area contributed by atoms with E-state index in [9.17, 15) is 4.79 Å². The number of hydrogen-bond donors (Lipinski definition) is 2. The zero-order valence-electron chi connectivity index (χ0n) is 11.0. The first-order valence-electron chi connectivity index (χ1n) is 6.58. The standard InChI is InChI=1S/C14H19BrN2OS/c1-10(19-13-6-4-11(15)5-7-13)14(18)17-9-12-3-2-8-16-12/h4-7,10,12,16H,2-3,8-9H2,1H3,(H,17,18). The van der Waals surface area contributed by atoms with E-state index in [-0.39, 0.29) is 11.2 Å². The topological polar surface area (TPSA) is 41.1 Å². The Bertz CT molecular complexity index is 418. The summed E-state index contributed by atoms with van der Waals surface area (Å²) < 4.78 is 1.06. The average Bonchev–Trinajstić information content (AvgIpc) is 2.91. The summed E-state index contributed by atoms with van der Waals surface area (Å²) >= 11 is 5.00. The fraction of sp³-hybridized carbons (Fsp3) is 0.500. The molecule has 1 amide bonds. The first-order valence-corrected chi connectivity index (χ1v) is 8.26. The van der Waals surface area contributed by atoms with Crippen molar-refractivity contribution in [3.05, 3.63) is 28.7 Å². The molecule has 2 atom stereocenters. The number of rotatable bonds is 5. The van der Waals surface area contributed by atoms with Crippen molar-refractivity contribution in [2.75, 3.05) is 13.1 Å². The van der Waals surface area contributed by atoms with E-state index in [1.165, 1.54) is 6.42 Å². The van der Waals surface area contributed by atoms with Crippen molar-refractivity contribution in [3.63, 3.8) is 0 Å². The molecule has 1 aliphatic heterocycles. The minimum Gasteiger partial charge on any atom is -0.354 e. The normalized spacial score (nSPS) is 20.2. The zero-order valence-corrected chi connectivity index (χ0v) is 13.4. The van der Waals surface area contributed by atoms with Gasteiger partial charge in [-0.3, -0.25) is 4.79 Å². The van der Waals surface area contributed by atoms with Gasteiger partial charge < -0.3 is 10.6 Å². The van der Waals surface area contributed by atoms with E-state index in [0.717, 1.165) is 28.9 Å². The Morgan fingerprint density at radius 1 is 1.53 bits per heavy atom. The number of amides is 1. The molecule has 0 saturated carbocycles. The Morgan fingerprint density at radius 3 is 2.89 bits per heavy atom. The highest BCUT2D eigenvalue weighted by Crippen LogP contribution is 2.24. The van der Waals surface area contributed by atoms with Gasteiger partial charge in [0.15, 0.2) is 0 Å². The van der Waals surface area contributed by atoms with Crippen LogP contribution in [0.2, 0.25) is 0 Å². The van der Waals surface area contributed by atoms with Gasteiger partial charge >= 0.3 is 0 Å². The van der Waals surface area contributed by atoms with Crippen LogP contribution in [0.3, 0.4) is 0 Å². The molecule has 2 unspecified atom stereocenters. The molecular weight excluding hydrogens is 324 g/mol. The highest BCUT2D eigenvalue weighted by atomic mass is 79.9. The summed E-state index contributed by atoms with van der Waals surface area (Å²) in [5.41, 5.74) is 0. The number of halogens is 1. The minimum atomic E-state index is -0.0671. The molecule has 0 radical (unpaired) electrons. The summed E-state index contributed by atoms with van der Waals surface area (Å²) in [4.78, 5) is 13.1. The minimum absolute atomic E-state index is 0.0671. The summed E-state index contributed by atoms with van der Waals surface area (Å²) in [5, 5.41) is 6.34. The molecule has 5 heteroatoms. The van der Waals surface area contributed by atoms with Crippen LogP contribution < -0.4 is 10.6 Å². The van der Waals surface area contributed by atoms with E-state index in [1.54, 1.807) is 11.8 Å². The number of thioether (sulfide) groups is 1. The van der Waals surface area contributed by atoms with Crippen LogP contribution in [-0.4, -0.2) is 30.3 Å². The molecule has 0 aromatic heterocycles. The summed E-state index contributed by atoms with van der Waals surface area (Å²) in [6, 6.07) is 8.49. The second-order valence-corrected chi connectivity index (χ2v) is 7.08. The van der Waals surface area contributed by atoms with E-state index < -0.39 is 0 Å². The Labute approximate surface area is 127 Å². The molecule has 1 fully saturated rings. The molecule has 19 heavy (non-hydrogen) atoms. The van der Waals surface area contributed by atoms with Crippen LogP contribution >= 0.6 is 27.7 Å². The summed E-state index contributed by atoms with van der Waals surface area (Å²) in [7, 11) is 0. The quantitative estimate of drug-likeness (QED) is 0.808. The SMILES string of the molecule is CC(Sc1ccc(Br)cc1)C(=O)NCC1CCCN1. The van der Waals surface area contributed by atoms with Gasteiger partial charge in [-0.2, -0.15) is 0 Å². The summed E-state index contributed by atoms with van der Waals surface area (Å²) in [6.07, 6.45) is 2.37. The molecule has 0 aliphatic carbocycles. The molecule has 1 heterocycles. The molecule has 1 saturated heterocycles. The maximum atomic E-state index is 12.0. The van der Waals surface area contributed by atoms with Crippen LogP contribution in [0.25, 0.3) is 0 Å². The van der Waals surface area contributed by atoms with Gasteiger partial charge in [0.05, 0.1) is 5.25 Å². The van der Waals surface area contributed by atoms with Crippen LogP contribution in [0, 0.1) is 0 Å². The van der Waals surface area contributed by atoms with Crippen LogP contribution in [0.5, 0.6) is 0 Å². The van der Waals surface area contributed by atoms with Crippen LogP contribution in [0.1, 0.15) is 19.8 Å². The van der Waals surface area contributed by atoms with Gasteiger partial charge in [0, 0.05) is 22.0 Å². The third-order valence-corrected chi connectivity index (χ3v) is 4.82. The smallest absolute Gasteiger partial charge is 0.233 e. The van der Waals surface area contributed by atoms with Gasteiger partial charge in [0.25, 0.3) is 0 Å². The van der Waals surface area contributed by atoms with E-state index in [1.807, 2.05) is 31.2 Å². The Balaban J connectivity index is 1.76. The van der Waals surface area contributed by atoms with E-state index in [0.29, 0.717) is 6.04 Å². The second kappa shape index (κ2) is 7.31. The zero-order chi connectivity index (χ0) is 13.7. The highest BCUT2D eigenvalue weighted by molar-refractivity contribution is 9.10. The van der Waals surface area contributed by atoms with E-state index in [2.05, 4.69) is 26.6 Å². The molecule has 1 aromatic carbocycles. The van der Waals surface area contributed by atoms with E-state index >= 15 is 0 Å². The van der Waals surface area contributed by atoms with Gasteiger partial charge in [-0.15, -0.1) is 11.8 Å². The van der Waals surface area contributed by atoms with Crippen molar-refractivity contribution in [1.82, 2.24) is 10.6 Å². The fourth-order valence-corrected chi connectivity index (χ4v) is 3.23. The summed E-state index contributed by atoms with van der Waals surface area (Å²) in [5.74, 6) is 0.113. The van der Waals surface area contributed by atoms with Crippen LogP contribution in [0.15, 0.2) is 33.6 Å². The largest absolute Gasteiger partial charge is 0.354 e. The molecule has 2 rings (SSSR count). The Hall–Kier alpha value is -0.520. The molecule has 2 N–H and O–H groups in total. The van der Waals surface area contributed by atoms with Crippen molar-refractivity contribution >= 4 is 33.6 Å². The number of benzene rings is 1. The number of hydrogen-bond acceptors (Lipinski definition) is 3. The maximum Gasteiger partial charge on any atom is 0.233 e. The predicted octanol–water partition coefficient (Wildman–Crippen LogP) is 2.80. The molecule has 3 nitrogen and oxygen atoms in total. The number of nitrogens with one attached hydrogen (secondary N) is 2. The van der Waals surface area contributed by atoms with E-state index in [4.69, 9.17) is 0 Å². The van der Waals surface area contributed by atoms with Crippen molar-refractivity contribution in [2.45, 2.75) is 36.0 Å². The van der Waals surface area contributed by atoms with Crippen LogP contribution in [0.4, 0.5) is 0 Å². The summed E-state index contributed by atoms with van der Waals surface area (Å²) in [6.45, 7) is 3.76. The fourth-order valence-electron chi connectivity index (χ4n) is 2.07. The second-order valence-electron chi connectivity index (χ2n) is 4.75. The van der Waals surface area contributed by atoms with Crippen molar-refractivity contribution in [1.29, 1.82) is 0 Å². The average molecular weight is 343 g/mol. The first kappa shape index (κ1) is 14.9. The lowest BCUT2D eigenvalue weighted by Gasteiger charge is -2.15. The van der Waals surface area contributed by atoms with Gasteiger partial charge in [-0.25, -0.2) is 0 Å². The van der Waals surface area contributed by atoms with Gasteiger partial charge in [-0.05, 0) is 50.6 Å². The van der Waals surface area contributed by atoms with Crippen molar-refractivity contribution < 1.29 is 4.79 Å². The third kappa shape index (κ3) is 4.82. The number of carbonyl (C=O) groups excluding carboxylic acids is 1. The molecular formula is C14H19BrN2OS.